The summed E-state index contributed by atoms with van der Waals surface area (Å²) >= 11 is 9.89. The lowest BCUT2D eigenvalue weighted by Crippen LogP contribution is -2.06. The van der Waals surface area contributed by atoms with Gasteiger partial charge in [0.15, 0.2) is 0 Å². The van der Waals surface area contributed by atoms with Crippen molar-refractivity contribution in [3.05, 3.63) is 21.4 Å². The van der Waals surface area contributed by atoms with Crippen LogP contribution < -0.4 is 0 Å². The molecule has 0 spiro atoms. The minimum atomic E-state index is 0.597. The summed E-state index contributed by atoms with van der Waals surface area (Å²) in [5, 5.41) is 2.22. The van der Waals surface area contributed by atoms with Crippen molar-refractivity contribution in [1.82, 2.24) is 9.97 Å². The normalized spacial score (nSPS) is 13.4. The van der Waals surface area contributed by atoms with Gasteiger partial charge < -0.3 is 0 Å². The van der Waals surface area contributed by atoms with Crippen LogP contribution in [0.3, 0.4) is 0 Å². The Hall–Kier alpha value is -0.320. The maximum Gasteiger partial charge on any atom is 0.141 e. The van der Waals surface area contributed by atoms with Crippen LogP contribution in [0, 0.1) is 19.8 Å². The molecule has 0 N–H and O–H groups in total. The summed E-state index contributed by atoms with van der Waals surface area (Å²) in [7, 11) is 0. The lowest BCUT2D eigenvalue weighted by atomic mass is 10.2. The fourth-order valence-corrected chi connectivity index (χ4v) is 4.06. The van der Waals surface area contributed by atoms with Crippen molar-refractivity contribution in [2.45, 2.75) is 45.6 Å². The smallest absolute Gasteiger partial charge is 0.141 e. The van der Waals surface area contributed by atoms with E-state index in [1.165, 1.54) is 10.4 Å². The maximum absolute atomic E-state index is 6.30. The second-order valence-corrected chi connectivity index (χ2v) is 8.08. The van der Waals surface area contributed by atoms with Gasteiger partial charge in [-0.15, -0.1) is 11.3 Å². The Kier molecular flexibility index (Phi) is 4.75. The predicted octanol–water partition coefficient (Wildman–Crippen LogP) is 5.24. The summed E-state index contributed by atoms with van der Waals surface area (Å²) < 4.78 is 0. The molecule has 0 bridgehead atoms. The van der Waals surface area contributed by atoms with Crippen LogP contribution in [0.1, 0.15) is 37.0 Å². The fourth-order valence-electron chi connectivity index (χ4n) is 1.71. The molecule has 0 aromatic carbocycles. The zero-order chi connectivity index (χ0) is 14.2. The Morgan fingerprint density at radius 3 is 2.53 bits per heavy atom. The molecule has 104 valence electrons. The minimum Gasteiger partial charge on any atom is -0.221 e. The monoisotopic (exact) mass is 314 g/mol. The van der Waals surface area contributed by atoms with Crippen molar-refractivity contribution >= 4 is 44.9 Å². The number of rotatable bonds is 4. The van der Waals surface area contributed by atoms with Crippen molar-refractivity contribution in [3.63, 3.8) is 0 Å². The standard InChI is InChI=1S/C14H19ClN2S2/c1-7(2)9(4)18-6-11-16-13(15)12-8(3)10(5)19-14(12)17-11/h7,9H,6H2,1-5H3. The first-order valence-electron chi connectivity index (χ1n) is 6.43. The molecular weight excluding hydrogens is 296 g/mol. The van der Waals surface area contributed by atoms with Crippen molar-refractivity contribution in [3.8, 4) is 0 Å². The van der Waals surface area contributed by atoms with E-state index in [-0.39, 0.29) is 0 Å². The molecule has 19 heavy (non-hydrogen) atoms. The molecule has 0 aliphatic rings. The molecule has 0 saturated carbocycles. The largest absolute Gasteiger partial charge is 0.221 e. The van der Waals surface area contributed by atoms with E-state index >= 15 is 0 Å². The molecule has 0 aliphatic carbocycles. The first-order valence-corrected chi connectivity index (χ1v) is 8.68. The van der Waals surface area contributed by atoms with Crippen LogP contribution in [0.4, 0.5) is 0 Å². The van der Waals surface area contributed by atoms with Gasteiger partial charge in [0, 0.05) is 10.1 Å². The molecule has 2 heterocycles. The average Bonchev–Trinajstić information content (AvgIpc) is 2.62. The van der Waals surface area contributed by atoms with Crippen molar-refractivity contribution < 1.29 is 0 Å². The van der Waals surface area contributed by atoms with Crippen LogP contribution >= 0.6 is 34.7 Å². The molecule has 1 unspecified atom stereocenters. The van der Waals surface area contributed by atoms with Crippen LogP contribution in [-0.2, 0) is 5.75 Å². The van der Waals surface area contributed by atoms with Gasteiger partial charge in [-0.05, 0) is 25.3 Å². The third kappa shape index (κ3) is 3.23. The summed E-state index contributed by atoms with van der Waals surface area (Å²) in [6.45, 7) is 10.9. The molecule has 0 aliphatic heterocycles. The number of thioether (sulfide) groups is 1. The van der Waals surface area contributed by atoms with Gasteiger partial charge in [-0.2, -0.15) is 11.8 Å². The van der Waals surface area contributed by atoms with Gasteiger partial charge in [-0.3, -0.25) is 0 Å². The quantitative estimate of drug-likeness (QED) is 0.722. The summed E-state index contributed by atoms with van der Waals surface area (Å²) in [5.41, 5.74) is 1.21. The molecule has 2 aromatic rings. The molecule has 5 heteroatoms. The van der Waals surface area contributed by atoms with Crippen LogP contribution in [0.25, 0.3) is 10.2 Å². The van der Waals surface area contributed by atoms with E-state index in [9.17, 15) is 0 Å². The number of nitrogens with zero attached hydrogens (tertiary/aromatic N) is 2. The van der Waals surface area contributed by atoms with Crippen LogP contribution in [0.15, 0.2) is 0 Å². The highest BCUT2D eigenvalue weighted by atomic mass is 35.5. The van der Waals surface area contributed by atoms with Gasteiger partial charge in [-0.25, -0.2) is 9.97 Å². The summed E-state index contributed by atoms with van der Waals surface area (Å²) in [4.78, 5) is 11.4. The minimum absolute atomic E-state index is 0.597. The van der Waals surface area contributed by atoms with E-state index in [1.807, 2.05) is 11.8 Å². The number of hydrogen-bond acceptors (Lipinski definition) is 4. The van der Waals surface area contributed by atoms with E-state index in [4.69, 9.17) is 11.6 Å². The molecule has 2 aromatic heterocycles. The molecule has 0 radical (unpaired) electrons. The number of aryl methyl sites for hydroxylation is 2. The average molecular weight is 315 g/mol. The van der Waals surface area contributed by atoms with Crippen LogP contribution in [0.5, 0.6) is 0 Å². The Morgan fingerprint density at radius 2 is 1.89 bits per heavy atom. The van der Waals surface area contributed by atoms with E-state index in [0.717, 1.165) is 21.8 Å². The number of hydrogen-bond donors (Lipinski definition) is 0. The highest BCUT2D eigenvalue weighted by molar-refractivity contribution is 7.99. The van der Waals surface area contributed by atoms with E-state index < -0.39 is 0 Å². The maximum atomic E-state index is 6.30. The van der Waals surface area contributed by atoms with E-state index in [2.05, 4.69) is 44.6 Å². The molecule has 2 rings (SSSR count). The van der Waals surface area contributed by atoms with Gasteiger partial charge in [-0.1, -0.05) is 32.4 Å². The summed E-state index contributed by atoms with van der Waals surface area (Å²) in [5.74, 6) is 2.33. The Balaban J connectivity index is 2.26. The number of fused-ring (bicyclic) bond motifs is 1. The SMILES string of the molecule is Cc1sc2nc(CSC(C)C(C)C)nc(Cl)c2c1C. The fraction of sp³-hybridized carbons (Fsp3) is 0.571. The molecule has 1 atom stereocenters. The Bertz CT molecular complexity index is 593. The highest BCUT2D eigenvalue weighted by Crippen LogP contribution is 2.33. The molecule has 0 saturated heterocycles. The third-order valence-electron chi connectivity index (χ3n) is 3.44. The van der Waals surface area contributed by atoms with Gasteiger partial charge >= 0.3 is 0 Å². The number of aromatic nitrogens is 2. The van der Waals surface area contributed by atoms with Crippen molar-refractivity contribution in [1.29, 1.82) is 0 Å². The van der Waals surface area contributed by atoms with Crippen LogP contribution in [-0.4, -0.2) is 15.2 Å². The van der Waals surface area contributed by atoms with Crippen molar-refractivity contribution in [2.75, 3.05) is 0 Å². The topological polar surface area (TPSA) is 25.8 Å². The van der Waals surface area contributed by atoms with E-state index in [0.29, 0.717) is 16.3 Å². The van der Waals surface area contributed by atoms with Crippen LogP contribution in [0.2, 0.25) is 5.15 Å². The lowest BCUT2D eigenvalue weighted by molar-refractivity contribution is 0.642. The zero-order valence-corrected chi connectivity index (χ0v) is 14.3. The van der Waals surface area contributed by atoms with E-state index in [1.54, 1.807) is 11.3 Å². The predicted molar refractivity (Wildman–Crippen MR) is 87.5 cm³/mol. The van der Waals surface area contributed by atoms with Gasteiger partial charge in [0.05, 0.1) is 11.1 Å². The molecular formula is C14H19ClN2S2. The van der Waals surface area contributed by atoms with Crippen molar-refractivity contribution in [2.24, 2.45) is 5.92 Å². The van der Waals surface area contributed by atoms with Gasteiger partial charge in [0.25, 0.3) is 0 Å². The summed E-state index contributed by atoms with van der Waals surface area (Å²) in [6, 6.07) is 0. The molecule has 2 nitrogen and oxygen atoms in total. The Morgan fingerprint density at radius 1 is 1.21 bits per heavy atom. The zero-order valence-electron chi connectivity index (χ0n) is 12.0. The summed E-state index contributed by atoms with van der Waals surface area (Å²) in [6.07, 6.45) is 0. The second-order valence-electron chi connectivity index (χ2n) is 5.15. The third-order valence-corrected chi connectivity index (χ3v) is 6.31. The second kappa shape index (κ2) is 5.98. The number of halogens is 1. The highest BCUT2D eigenvalue weighted by Gasteiger charge is 2.14. The Labute approximate surface area is 128 Å². The molecule has 0 amide bonds. The van der Waals surface area contributed by atoms with Gasteiger partial charge in [0.2, 0.25) is 0 Å². The first-order chi connectivity index (χ1) is 8.90. The first kappa shape index (κ1) is 15.1. The lowest BCUT2D eigenvalue weighted by Gasteiger charge is -2.14. The molecule has 0 fully saturated rings. The van der Waals surface area contributed by atoms with Gasteiger partial charge in [0.1, 0.15) is 15.8 Å². The number of thiophene rings is 1.